The molecule has 0 fully saturated rings. The van der Waals surface area contributed by atoms with Crippen LogP contribution in [0.4, 0.5) is 20.4 Å². The molecule has 0 radical (unpaired) electrons. The van der Waals surface area contributed by atoms with Crippen molar-refractivity contribution in [2.24, 2.45) is 5.73 Å². The summed E-state index contributed by atoms with van der Waals surface area (Å²) >= 11 is 6.34. The van der Waals surface area contributed by atoms with Gasteiger partial charge in [0, 0.05) is 34.3 Å². The fraction of sp³-hybridized carbons (Fsp3) is 0.111. The first-order valence-electron chi connectivity index (χ1n) is 12.6. The third-order valence-electron chi connectivity index (χ3n) is 5.00. The maximum absolute atomic E-state index is 12.8. The number of anilines is 2. The van der Waals surface area contributed by atoms with E-state index in [1.54, 1.807) is 36.5 Å². The number of nitrogens with zero attached hydrogens (tertiary/aromatic N) is 2. The first-order chi connectivity index (χ1) is 20.2. The van der Waals surface area contributed by atoms with Crippen LogP contribution in [0.1, 0.15) is 38.3 Å². The molecule has 0 aliphatic carbocycles. The summed E-state index contributed by atoms with van der Waals surface area (Å²) in [5.41, 5.74) is 18.5. The van der Waals surface area contributed by atoms with Crippen LogP contribution in [0.25, 0.3) is 0 Å². The van der Waals surface area contributed by atoms with Gasteiger partial charge in [-0.3, -0.25) is 4.79 Å². The number of pyridine rings is 2. The van der Waals surface area contributed by atoms with Crippen molar-refractivity contribution in [3.63, 3.8) is 0 Å². The van der Waals surface area contributed by atoms with Gasteiger partial charge in [0.1, 0.15) is 28.8 Å². The van der Waals surface area contributed by atoms with Gasteiger partial charge in [-0.25, -0.2) is 23.5 Å². The van der Waals surface area contributed by atoms with E-state index in [1.165, 1.54) is 36.5 Å². The predicted octanol–water partition coefficient (Wildman–Crippen LogP) is 5.85. The molecule has 8 nitrogen and oxygen atoms in total. The van der Waals surface area contributed by atoms with Gasteiger partial charge in [0.2, 0.25) is 0 Å². The highest BCUT2D eigenvalue weighted by Crippen LogP contribution is 2.18. The first-order valence-corrected chi connectivity index (χ1v) is 12.9. The van der Waals surface area contributed by atoms with Gasteiger partial charge in [-0.15, -0.1) is 0 Å². The van der Waals surface area contributed by atoms with E-state index in [0.29, 0.717) is 33.9 Å². The molecule has 40 heavy (non-hydrogen) atoms. The van der Waals surface area contributed by atoms with Crippen LogP contribution in [-0.2, 0) is 13.0 Å². The minimum Gasteiger partial charge on any atom is -0.478 e. The minimum absolute atomic E-state index is 0.0133. The summed E-state index contributed by atoms with van der Waals surface area (Å²) in [4.78, 5) is 30.1. The molecule has 0 amide bonds. The second-order valence-electron chi connectivity index (χ2n) is 7.86. The van der Waals surface area contributed by atoms with Crippen molar-refractivity contribution < 1.29 is 23.5 Å². The third kappa shape index (κ3) is 11.8. The molecule has 4 rings (SSSR count). The number of nitrogen functional groups attached to an aromatic ring is 2. The topological polar surface area (TPSA) is 158 Å². The standard InChI is InChI=1S/C14H12BrFN2O.C7H8FN.C6H5BrN2O2.H3P/c15-10-7-12(14(17)18-8-10)13(19)6-3-9-1-4-11(16)5-2-9;8-7-3-1-6(5-9)2-4-7;7-3-1-4(6(10)11)5(8)9-2-3;/h1-2,4-5,7-8H,3,6H2,(H2,17,18);1-4H,5,9H2;1-2H,(H2,8,9)(H,10,11);1H3/i;;;1T3. The molecule has 0 aliphatic heterocycles. The minimum atomic E-state index is -1.87. The largest absolute Gasteiger partial charge is 0.478 e. The molecule has 7 N–H and O–H groups in total. The SMILES string of the molecule is NCc1ccc(F)cc1.Nc1ncc(Br)cc1C(=O)CCc1ccc(F)cc1.Nc1ncc(Br)cc1C(=O)O.[3H]P([3H])[3H]. The van der Waals surface area contributed by atoms with Crippen LogP contribution in [-0.4, -0.2) is 30.7 Å². The Morgan fingerprint density at radius 1 is 0.850 bits per heavy atom. The van der Waals surface area contributed by atoms with E-state index < -0.39 is 15.7 Å². The second-order valence-corrected chi connectivity index (χ2v) is 9.69. The number of carbonyl (C=O) groups is 2. The number of benzene rings is 2. The zero-order chi connectivity index (χ0) is 32.5. The van der Waals surface area contributed by atoms with Crippen LogP contribution < -0.4 is 17.2 Å². The fourth-order valence-corrected chi connectivity index (χ4v) is 3.62. The molecule has 0 spiro atoms. The number of aryl methyl sites for hydroxylation is 1. The molecule has 0 aliphatic rings. The average Bonchev–Trinajstić information content (AvgIpc) is 2.96. The third-order valence-corrected chi connectivity index (χ3v) is 5.87. The molecule has 4 aromatic rings. The molecule has 2 heterocycles. The number of hydrogen-bond donors (Lipinski definition) is 4. The summed E-state index contributed by atoms with van der Waals surface area (Å²) < 4.78 is 44.2. The van der Waals surface area contributed by atoms with Crippen molar-refractivity contribution in [1.29, 1.82) is 3.84 Å². The Hall–Kier alpha value is -3.31. The molecule has 0 unspecified atom stereocenters. The van der Waals surface area contributed by atoms with E-state index in [2.05, 4.69) is 41.8 Å². The van der Waals surface area contributed by atoms with Crippen LogP contribution in [0, 0.1) is 11.6 Å². The lowest BCUT2D eigenvalue weighted by Gasteiger charge is -2.05. The number of hydrogen-bond acceptors (Lipinski definition) is 7. The molecular formula is C27H28Br2F2N5O3P. The van der Waals surface area contributed by atoms with Gasteiger partial charge in [0.25, 0.3) is 0 Å². The molecule has 0 saturated carbocycles. The molecule has 2 aromatic carbocycles. The Kier molecular flexibility index (Phi) is 12.9. The highest BCUT2D eigenvalue weighted by Gasteiger charge is 2.12. The van der Waals surface area contributed by atoms with Gasteiger partial charge in [0.05, 0.1) is 9.40 Å². The van der Waals surface area contributed by atoms with Crippen LogP contribution in [0.15, 0.2) is 82.0 Å². The van der Waals surface area contributed by atoms with Crippen molar-refractivity contribution >= 4 is 65.0 Å². The number of halogens is 4. The van der Waals surface area contributed by atoms with Crippen molar-refractivity contribution in [2.75, 3.05) is 11.5 Å². The van der Waals surface area contributed by atoms with Crippen LogP contribution in [0.3, 0.4) is 0 Å². The number of aromatic carboxylic acids is 1. The van der Waals surface area contributed by atoms with Gasteiger partial charge in [0.15, 0.2) is 5.78 Å². The number of carboxylic acids is 1. The lowest BCUT2D eigenvalue weighted by Crippen LogP contribution is -2.06. The van der Waals surface area contributed by atoms with Gasteiger partial charge in [-0.05, 0) is 85.8 Å². The molecule has 2 aromatic heterocycles. The normalized spacial score (nSPS) is 10.7. The Morgan fingerprint density at radius 2 is 1.27 bits per heavy atom. The lowest BCUT2D eigenvalue weighted by atomic mass is 10.0. The summed E-state index contributed by atoms with van der Waals surface area (Å²) in [6.45, 7) is 0.472. The average molecular weight is 705 g/mol. The predicted molar refractivity (Wildman–Crippen MR) is 164 cm³/mol. The van der Waals surface area contributed by atoms with Gasteiger partial charge < -0.3 is 22.3 Å². The smallest absolute Gasteiger partial charge is 0.339 e. The molecule has 212 valence electrons. The molecule has 13 heteroatoms. The Balaban J connectivity index is 0.000000327. The van der Waals surface area contributed by atoms with Crippen LogP contribution in [0.2, 0.25) is 0 Å². The number of rotatable bonds is 6. The maximum atomic E-state index is 12.8. The number of carbonyl (C=O) groups excluding carboxylic acids is 1. The van der Waals surface area contributed by atoms with E-state index in [1.807, 2.05) is 0 Å². The molecule has 0 atom stereocenters. The summed E-state index contributed by atoms with van der Waals surface area (Å²) in [6.07, 6.45) is 3.85. The summed E-state index contributed by atoms with van der Waals surface area (Å²) in [5.74, 6) is -1.39. The zero-order valence-electron chi connectivity index (χ0n) is 23.9. The lowest BCUT2D eigenvalue weighted by molar-refractivity contribution is 0.0697. The molecular weight excluding hydrogens is 671 g/mol. The van der Waals surface area contributed by atoms with Crippen LogP contribution in [0.5, 0.6) is 0 Å². The summed E-state index contributed by atoms with van der Waals surface area (Å²) in [7, 11) is -1.87. The molecule has 0 saturated heterocycles. The van der Waals surface area contributed by atoms with Crippen molar-refractivity contribution in [3.05, 3.63) is 116 Å². The number of Topliss-reactive ketones (excluding diaryl/α,β-unsaturated/α-hetero) is 1. The second kappa shape index (κ2) is 17.4. The van der Waals surface area contributed by atoms with E-state index in [9.17, 15) is 18.4 Å². The maximum Gasteiger partial charge on any atom is 0.339 e. The highest BCUT2D eigenvalue weighted by atomic mass is 79.9. The van der Waals surface area contributed by atoms with E-state index in [0.717, 1.165) is 11.1 Å². The van der Waals surface area contributed by atoms with E-state index in [4.69, 9.17) is 26.1 Å². The number of ketones is 1. The van der Waals surface area contributed by atoms with Crippen molar-refractivity contribution in [2.45, 2.75) is 19.4 Å². The fourth-order valence-electron chi connectivity index (χ4n) is 2.96. The first kappa shape index (κ1) is 29.7. The summed E-state index contributed by atoms with van der Waals surface area (Å²) in [5, 5.41) is 8.55. The van der Waals surface area contributed by atoms with Crippen molar-refractivity contribution in [1.82, 2.24) is 9.97 Å². The monoisotopic (exact) mass is 703 g/mol. The Morgan fingerprint density at radius 3 is 1.70 bits per heavy atom. The number of carboxylic acid groups (broad SMARTS) is 1. The van der Waals surface area contributed by atoms with Crippen molar-refractivity contribution in [3.8, 4) is 0 Å². The highest BCUT2D eigenvalue weighted by molar-refractivity contribution is 9.10. The van der Waals surface area contributed by atoms with Gasteiger partial charge in [-0.2, -0.15) is 9.73 Å². The van der Waals surface area contributed by atoms with Gasteiger partial charge >= 0.3 is 5.97 Å². The van der Waals surface area contributed by atoms with E-state index in [-0.39, 0.29) is 34.6 Å². The Labute approximate surface area is 254 Å². The zero-order valence-corrected chi connectivity index (χ0v) is 25.0. The van der Waals surface area contributed by atoms with Crippen LogP contribution >= 0.6 is 41.6 Å². The quantitative estimate of drug-likeness (QED) is 0.144. The summed E-state index contributed by atoms with van der Waals surface area (Å²) in [6, 6.07) is 15.3. The van der Waals surface area contributed by atoms with E-state index >= 15 is 0 Å². The number of nitrogens with two attached hydrogens (primary N) is 3. The Bertz CT molecular complexity index is 1470. The molecule has 0 bridgehead atoms. The van der Waals surface area contributed by atoms with Gasteiger partial charge in [-0.1, -0.05) is 24.3 Å². The number of aromatic nitrogens is 2.